The summed E-state index contributed by atoms with van der Waals surface area (Å²) in [7, 11) is 6.21. The van der Waals surface area contributed by atoms with Crippen LogP contribution in [0.15, 0.2) is 57.5 Å². The molecule has 1 aliphatic heterocycles. The molecule has 9 nitrogen and oxygen atoms in total. The topological polar surface area (TPSA) is 97.6 Å². The average Bonchev–Trinajstić information content (AvgIpc) is 3.21. The predicted octanol–water partition coefficient (Wildman–Crippen LogP) is 2.83. The van der Waals surface area contributed by atoms with Crippen LogP contribution in [0.25, 0.3) is 6.08 Å². The van der Waals surface area contributed by atoms with Crippen LogP contribution in [0.3, 0.4) is 0 Å². The Balaban J connectivity index is 2.01. The predicted molar refractivity (Wildman–Crippen MR) is 139 cm³/mol. The maximum atomic E-state index is 13.9. The fourth-order valence-electron chi connectivity index (χ4n) is 4.22. The number of methoxy groups -OCH3 is 4. The maximum absolute atomic E-state index is 13.9. The molecule has 1 aromatic heterocycles. The van der Waals surface area contributed by atoms with Crippen molar-refractivity contribution in [1.82, 2.24) is 4.57 Å². The van der Waals surface area contributed by atoms with Gasteiger partial charge in [-0.15, -0.1) is 0 Å². The first-order valence-electron chi connectivity index (χ1n) is 11.5. The number of nitrogens with zero attached hydrogens (tertiary/aromatic N) is 2. The minimum absolute atomic E-state index is 0.180. The van der Waals surface area contributed by atoms with Crippen LogP contribution in [0.5, 0.6) is 23.0 Å². The van der Waals surface area contributed by atoms with E-state index < -0.39 is 12.0 Å². The van der Waals surface area contributed by atoms with E-state index in [1.165, 1.54) is 23.0 Å². The molecule has 0 radical (unpaired) electrons. The molecule has 1 atom stereocenters. The number of rotatable bonds is 8. The standard InChI is InChI=1S/C27H28N2O7S/c1-7-36-26(31)23-15(2)28-27-29(24(23)19-13-17(32-3)10-11-20(19)34-5)25(30)22(37-27)12-16-8-9-18(33-4)14-21(16)35-6/h8-14,24H,7H2,1-6H3/b22-12+/t24-/m1/s1. The number of carbonyl (C=O) groups excluding carboxylic acids is 1. The molecule has 3 aromatic rings. The van der Waals surface area contributed by atoms with Gasteiger partial charge in [0.25, 0.3) is 5.56 Å². The Bertz CT molecular complexity index is 1550. The molecule has 10 heteroatoms. The highest BCUT2D eigenvalue weighted by Crippen LogP contribution is 2.37. The first-order chi connectivity index (χ1) is 17.9. The Kier molecular flexibility index (Phi) is 7.68. The summed E-state index contributed by atoms with van der Waals surface area (Å²) < 4.78 is 29.1. The number of hydrogen-bond acceptors (Lipinski definition) is 9. The van der Waals surface area contributed by atoms with Gasteiger partial charge in [0.1, 0.15) is 29.0 Å². The smallest absolute Gasteiger partial charge is 0.338 e. The minimum Gasteiger partial charge on any atom is -0.497 e. The summed E-state index contributed by atoms with van der Waals surface area (Å²) >= 11 is 1.22. The van der Waals surface area contributed by atoms with Crippen molar-refractivity contribution >= 4 is 23.4 Å². The van der Waals surface area contributed by atoms with E-state index in [4.69, 9.17) is 23.7 Å². The van der Waals surface area contributed by atoms with Gasteiger partial charge < -0.3 is 23.7 Å². The molecule has 1 aliphatic rings. The summed E-state index contributed by atoms with van der Waals surface area (Å²) in [6.45, 7) is 3.64. The van der Waals surface area contributed by atoms with Gasteiger partial charge >= 0.3 is 5.97 Å². The average molecular weight is 525 g/mol. The molecule has 2 heterocycles. The van der Waals surface area contributed by atoms with Crippen molar-refractivity contribution in [2.24, 2.45) is 4.99 Å². The van der Waals surface area contributed by atoms with Crippen LogP contribution in [-0.4, -0.2) is 45.6 Å². The zero-order chi connectivity index (χ0) is 26.7. The molecule has 0 saturated carbocycles. The lowest BCUT2D eigenvalue weighted by atomic mass is 9.94. The molecule has 0 unspecified atom stereocenters. The zero-order valence-electron chi connectivity index (χ0n) is 21.5. The van der Waals surface area contributed by atoms with Gasteiger partial charge in [0.2, 0.25) is 0 Å². The second kappa shape index (κ2) is 10.9. The summed E-state index contributed by atoms with van der Waals surface area (Å²) in [5, 5.41) is 0. The van der Waals surface area contributed by atoms with E-state index in [9.17, 15) is 9.59 Å². The SMILES string of the molecule is CCOC(=O)C1=C(C)N=c2s/c(=C/c3ccc(OC)cc3OC)c(=O)n2[C@@H]1c1cc(OC)ccc1OC. The third kappa shape index (κ3) is 4.84. The van der Waals surface area contributed by atoms with Crippen molar-refractivity contribution in [3.8, 4) is 23.0 Å². The Morgan fingerprint density at radius 2 is 1.68 bits per heavy atom. The van der Waals surface area contributed by atoms with E-state index in [-0.39, 0.29) is 17.7 Å². The van der Waals surface area contributed by atoms with E-state index in [0.29, 0.717) is 49.2 Å². The Labute approximate surface area is 217 Å². The first kappa shape index (κ1) is 26.0. The van der Waals surface area contributed by atoms with E-state index in [2.05, 4.69) is 4.99 Å². The van der Waals surface area contributed by atoms with Crippen molar-refractivity contribution in [2.75, 3.05) is 35.0 Å². The molecule has 0 saturated heterocycles. The van der Waals surface area contributed by atoms with E-state index in [1.807, 2.05) is 6.07 Å². The van der Waals surface area contributed by atoms with E-state index >= 15 is 0 Å². The summed E-state index contributed by atoms with van der Waals surface area (Å²) in [6, 6.07) is 9.76. The number of ether oxygens (including phenoxy) is 5. The van der Waals surface area contributed by atoms with Gasteiger partial charge in [0.15, 0.2) is 4.80 Å². The van der Waals surface area contributed by atoms with Crippen LogP contribution in [0.1, 0.15) is 31.0 Å². The summed E-state index contributed by atoms with van der Waals surface area (Å²) in [4.78, 5) is 32.1. The van der Waals surface area contributed by atoms with Crippen molar-refractivity contribution in [3.05, 3.63) is 78.5 Å². The van der Waals surface area contributed by atoms with Gasteiger partial charge in [-0.3, -0.25) is 9.36 Å². The van der Waals surface area contributed by atoms with Crippen molar-refractivity contribution < 1.29 is 28.5 Å². The minimum atomic E-state index is -0.833. The van der Waals surface area contributed by atoms with Crippen LogP contribution in [0.2, 0.25) is 0 Å². The lowest BCUT2D eigenvalue weighted by Gasteiger charge is -2.26. The highest BCUT2D eigenvalue weighted by molar-refractivity contribution is 7.07. The molecule has 194 valence electrons. The van der Waals surface area contributed by atoms with Gasteiger partial charge in [-0.25, -0.2) is 9.79 Å². The van der Waals surface area contributed by atoms with E-state index in [0.717, 1.165) is 0 Å². The number of thiazole rings is 1. The second-order valence-electron chi connectivity index (χ2n) is 8.02. The maximum Gasteiger partial charge on any atom is 0.338 e. The van der Waals surface area contributed by atoms with Gasteiger partial charge in [0.05, 0.1) is 50.8 Å². The number of esters is 1. The summed E-state index contributed by atoms with van der Waals surface area (Å²) in [5.41, 5.74) is 1.68. The molecule has 0 spiro atoms. The van der Waals surface area contributed by atoms with Crippen molar-refractivity contribution in [2.45, 2.75) is 19.9 Å². The largest absolute Gasteiger partial charge is 0.497 e. The van der Waals surface area contributed by atoms with Gasteiger partial charge in [-0.05, 0) is 50.3 Å². The van der Waals surface area contributed by atoms with Crippen LogP contribution in [0.4, 0.5) is 0 Å². The molecule has 4 rings (SSSR count). The molecule has 0 N–H and O–H groups in total. The number of allylic oxidation sites excluding steroid dienone is 1. The highest BCUT2D eigenvalue weighted by atomic mass is 32.1. The quantitative estimate of drug-likeness (QED) is 0.418. The molecular formula is C27H28N2O7S. The molecule has 0 bridgehead atoms. The van der Waals surface area contributed by atoms with Crippen LogP contribution in [-0.2, 0) is 9.53 Å². The Morgan fingerprint density at radius 1 is 1.00 bits per heavy atom. The fourth-order valence-corrected chi connectivity index (χ4v) is 5.26. The Hall–Kier alpha value is -4.05. The number of aromatic nitrogens is 1. The highest BCUT2D eigenvalue weighted by Gasteiger charge is 2.35. The van der Waals surface area contributed by atoms with Crippen molar-refractivity contribution in [3.63, 3.8) is 0 Å². The van der Waals surface area contributed by atoms with Crippen LogP contribution >= 0.6 is 11.3 Å². The van der Waals surface area contributed by atoms with Crippen LogP contribution in [0, 0.1) is 0 Å². The van der Waals surface area contributed by atoms with Gasteiger partial charge in [0, 0.05) is 17.2 Å². The van der Waals surface area contributed by atoms with Crippen molar-refractivity contribution in [1.29, 1.82) is 0 Å². The zero-order valence-corrected chi connectivity index (χ0v) is 22.3. The number of benzene rings is 2. The number of hydrogen-bond donors (Lipinski definition) is 0. The monoisotopic (exact) mass is 524 g/mol. The molecule has 0 amide bonds. The molecule has 2 aromatic carbocycles. The first-order valence-corrected chi connectivity index (χ1v) is 12.3. The Morgan fingerprint density at radius 3 is 2.32 bits per heavy atom. The summed E-state index contributed by atoms with van der Waals surface area (Å²) in [5.74, 6) is 1.69. The lowest BCUT2D eigenvalue weighted by molar-refractivity contribution is -0.139. The molecular weight excluding hydrogens is 496 g/mol. The molecule has 0 fully saturated rings. The normalized spacial score (nSPS) is 15.1. The lowest BCUT2D eigenvalue weighted by Crippen LogP contribution is -2.40. The molecule has 37 heavy (non-hydrogen) atoms. The third-order valence-electron chi connectivity index (χ3n) is 5.98. The number of fused-ring (bicyclic) bond motifs is 1. The molecule has 0 aliphatic carbocycles. The van der Waals surface area contributed by atoms with Crippen LogP contribution < -0.4 is 33.8 Å². The second-order valence-corrected chi connectivity index (χ2v) is 9.03. The third-order valence-corrected chi connectivity index (χ3v) is 6.96. The summed E-state index contributed by atoms with van der Waals surface area (Å²) in [6.07, 6.45) is 1.74. The van der Waals surface area contributed by atoms with Gasteiger partial charge in [-0.2, -0.15) is 0 Å². The fraction of sp³-hybridized carbons (Fsp3) is 0.296. The van der Waals surface area contributed by atoms with E-state index in [1.54, 1.807) is 71.6 Å². The van der Waals surface area contributed by atoms with Gasteiger partial charge in [-0.1, -0.05) is 11.3 Å². The number of carbonyl (C=O) groups is 1.